The number of hydrogen-bond donors (Lipinski definition) is 2. The highest BCUT2D eigenvalue weighted by molar-refractivity contribution is 5.86. The molecule has 4 aromatic rings. The Kier molecular flexibility index (Phi) is 3.71. The van der Waals surface area contributed by atoms with E-state index in [1.807, 2.05) is 42.7 Å². The molecular formula is C20H18N4. The Balaban J connectivity index is 1.87. The molecular weight excluding hydrogens is 296 g/mol. The Labute approximate surface area is 140 Å². The summed E-state index contributed by atoms with van der Waals surface area (Å²) in [5, 5.41) is 4.79. The first-order chi connectivity index (χ1) is 11.8. The maximum absolute atomic E-state index is 4.43. The van der Waals surface area contributed by atoms with E-state index in [-0.39, 0.29) is 6.04 Å². The van der Waals surface area contributed by atoms with Crippen LogP contribution in [0.25, 0.3) is 10.9 Å². The summed E-state index contributed by atoms with van der Waals surface area (Å²) in [5.41, 5.74) is 4.69. The zero-order valence-electron chi connectivity index (χ0n) is 13.4. The summed E-state index contributed by atoms with van der Waals surface area (Å²) in [4.78, 5) is 12.1. The molecule has 2 N–H and O–H groups in total. The summed E-state index contributed by atoms with van der Waals surface area (Å²) < 4.78 is 0. The van der Waals surface area contributed by atoms with Gasteiger partial charge >= 0.3 is 0 Å². The van der Waals surface area contributed by atoms with E-state index in [2.05, 4.69) is 51.5 Å². The van der Waals surface area contributed by atoms with E-state index >= 15 is 0 Å². The number of benzene rings is 1. The highest BCUT2D eigenvalue weighted by Gasteiger charge is 2.21. The van der Waals surface area contributed by atoms with Gasteiger partial charge in [-0.05, 0) is 42.8 Å². The molecule has 1 aromatic carbocycles. The van der Waals surface area contributed by atoms with Crippen LogP contribution in [0.3, 0.4) is 0 Å². The van der Waals surface area contributed by atoms with Crippen molar-refractivity contribution in [1.29, 1.82) is 0 Å². The maximum atomic E-state index is 4.43. The number of nitrogens with one attached hydrogen (secondary N) is 2. The second-order valence-corrected chi connectivity index (χ2v) is 5.78. The molecule has 24 heavy (non-hydrogen) atoms. The number of aryl methyl sites for hydroxylation is 1. The summed E-state index contributed by atoms with van der Waals surface area (Å²) in [6.07, 6.45) is 5.45. The molecule has 0 amide bonds. The molecule has 1 atom stereocenters. The van der Waals surface area contributed by atoms with Gasteiger partial charge < -0.3 is 10.3 Å². The molecule has 0 saturated heterocycles. The molecule has 0 aliphatic rings. The third-order valence-electron chi connectivity index (χ3n) is 4.23. The summed E-state index contributed by atoms with van der Waals surface area (Å²) >= 11 is 0. The number of hydrogen-bond acceptors (Lipinski definition) is 3. The van der Waals surface area contributed by atoms with E-state index in [1.54, 1.807) is 6.20 Å². The fourth-order valence-corrected chi connectivity index (χ4v) is 3.14. The third-order valence-corrected chi connectivity index (χ3v) is 4.23. The average Bonchev–Trinajstić information content (AvgIpc) is 2.97. The van der Waals surface area contributed by atoms with Crippen molar-refractivity contribution in [1.82, 2.24) is 15.0 Å². The predicted octanol–water partition coefficient (Wildman–Crippen LogP) is 4.47. The van der Waals surface area contributed by atoms with Crippen LogP contribution in [0.2, 0.25) is 0 Å². The lowest BCUT2D eigenvalue weighted by atomic mass is 9.96. The van der Waals surface area contributed by atoms with E-state index in [0.29, 0.717) is 0 Å². The zero-order chi connectivity index (χ0) is 16.4. The molecule has 3 aromatic heterocycles. The summed E-state index contributed by atoms with van der Waals surface area (Å²) in [7, 11) is 0. The van der Waals surface area contributed by atoms with Crippen molar-refractivity contribution in [2.24, 2.45) is 0 Å². The van der Waals surface area contributed by atoms with Gasteiger partial charge in [0.1, 0.15) is 5.82 Å². The molecule has 0 fully saturated rings. The fourth-order valence-electron chi connectivity index (χ4n) is 3.14. The number of fused-ring (bicyclic) bond motifs is 1. The summed E-state index contributed by atoms with van der Waals surface area (Å²) in [6, 6.07) is 18.4. The lowest BCUT2D eigenvalue weighted by molar-refractivity contribution is 0.917. The highest BCUT2D eigenvalue weighted by atomic mass is 15.0. The molecule has 4 nitrogen and oxygen atoms in total. The van der Waals surface area contributed by atoms with Crippen molar-refractivity contribution < 1.29 is 0 Å². The van der Waals surface area contributed by atoms with Gasteiger partial charge in [0.05, 0.1) is 6.04 Å². The second kappa shape index (κ2) is 6.16. The average molecular weight is 314 g/mol. The van der Waals surface area contributed by atoms with E-state index in [9.17, 15) is 0 Å². The van der Waals surface area contributed by atoms with Crippen molar-refractivity contribution in [2.45, 2.75) is 13.0 Å². The second-order valence-electron chi connectivity index (χ2n) is 5.78. The highest BCUT2D eigenvalue weighted by Crippen LogP contribution is 2.33. The van der Waals surface area contributed by atoms with Crippen LogP contribution in [0.4, 0.5) is 5.82 Å². The van der Waals surface area contributed by atoms with Gasteiger partial charge in [0, 0.05) is 40.8 Å². The number of nitrogens with zero attached hydrogens (tertiary/aromatic N) is 2. The van der Waals surface area contributed by atoms with Crippen molar-refractivity contribution in [3.63, 3.8) is 0 Å². The van der Waals surface area contributed by atoms with Gasteiger partial charge in [-0.15, -0.1) is 0 Å². The summed E-state index contributed by atoms with van der Waals surface area (Å²) in [6.45, 7) is 2.11. The first-order valence-corrected chi connectivity index (χ1v) is 7.97. The number of pyridine rings is 2. The van der Waals surface area contributed by atoms with Crippen LogP contribution in [0, 0.1) is 6.92 Å². The SMILES string of the molecule is Cc1[nH]c2ccccc2c1[C@H](Nc1ccccn1)c1ccncc1. The summed E-state index contributed by atoms with van der Waals surface area (Å²) in [5.74, 6) is 0.851. The topological polar surface area (TPSA) is 53.6 Å². The number of anilines is 1. The van der Waals surface area contributed by atoms with Gasteiger partial charge in [-0.1, -0.05) is 24.3 Å². The first kappa shape index (κ1) is 14.5. The minimum atomic E-state index is -0.000880. The van der Waals surface area contributed by atoms with E-state index in [0.717, 1.165) is 22.6 Å². The minimum Gasteiger partial charge on any atom is -0.359 e. The van der Waals surface area contributed by atoms with Crippen molar-refractivity contribution >= 4 is 16.7 Å². The van der Waals surface area contributed by atoms with Gasteiger partial charge in [-0.3, -0.25) is 4.98 Å². The Hall–Kier alpha value is -3.14. The van der Waals surface area contributed by atoms with Crippen LogP contribution in [-0.2, 0) is 0 Å². The van der Waals surface area contributed by atoms with Crippen LogP contribution in [0.1, 0.15) is 22.9 Å². The van der Waals surface area contributed by atoms with Crippen molar-refractivity contribution in [3.8, 4) is 0 Å². The fraction of sp³-hybridized carbons (Fsp3) is 0.100. The molecule has 0 saturated carbocycles. The number of H-pyrrole nitrogens is 1. The molecule has 0 unspecified atom stereocenters. The minimum absolute atomic E-state index is 0.000880. The van der Waals surface area contributed by atoms with Gasteiger partial charge in [-0.2, -0.15) is 0 Å². The molecule has 3 heterocycles. The van der Waals surface area contributed by atoms with E-state index < -0.39 is 0 Å². The van der Waals surface area contributed by atoms with Crippen LogP contribution in [0.5, 0.6) is 0 Å². The number of rotatable bonds is 4. The number of aromatic amines is 1. The molecule has 0 radical (unpaired) electrons. The predicted molar refractivity (Wildman–Crippen MR) is 97.0 cm³/mol. The van der Waals surface area contributed by atoms with Gasteiger partial charge in [0.15, 0.2) is 0 Å². The molecule has 4 rings (SSSR count). The monoisotopic (exact) mass is 314 g/mol. The van der Waals surface area contributed by atoms with Crippen LogP contribution < -0.4 is 5.32 Å². The van der Waals surface area contributed by atoms with Gasteiger partial charge in [0.2, 0.25) is 0 Å². The van der Waals surface area contributed by atoms with E-state index in [4.69, 9.17) is 0 Å². The normalized spacial score (nSPS) is 12.2. The Bertz CT molecular complexity index is 945. The number of para-hydroxylation sites is 1. The largest absolute Gasteiger partial charge is 0.359 e. The van der Waals surface area contributed by atoms with Gasteiger partial charge in [-0.25, -0.2) is 4.98 Å². The Morgan fingerprint density at radius 2 is 1.71 bits per heavy atom. The smallest absolute Gasteiger partial charge is 0.126 e. The molecule has 118 valence electrons. The maximum Gasteiger partial charge on any atom is 0.126 e. The number of aromatic nitrogens is 3. The van der Waals surface area contributed by atoms with Gasteiger partial charge in [0.25, 0.3) is 0 Å². The quantitative estimate of drug-likeness (QED) is 0.584. The standard InChI is InChI=1S/C20H18N4/c1-14-19(16-6-2-3-7-17(16)23-14)20(15-9-12-21-13-10-15)24-18-8-4-5-11-22-18/h2-13,20,23H,1H3,(H,22,24)/t20-/m1/s1. The van der Waals surface area contributed by atoms with Crippen LogP contribution in [0.15, 0.2) is 73.2 Å². The lowest BCUT2D eigenvalue weighted by Crippen LogP contribution is -2.14. The van der Waals surface area contributed by atoms with Crippen molar-refractivity contribution in [3.05, 3.63) is 90.0 Å². The lowest BCUT2D eigenvalue weighted by Gasteiger charge is -2.20. The Morgan fingerprint density at radius 3 is 2.50 bits per heavy atom. The third kappa shape index (κ3) is 2.63. The molecule has 0 bridgehead atoms. The first-order valence-electron chi connectivity index (χ1n) is 7.97. The molecule has 0 aliphatic carbocycles. The molecule has 0 spiro atoms. The van der Waals surface area contributed by atoms with Crippen LogP contribution >= 0.6 is 0 Å². The molecule has 0 aliphatic heterocycles. The Morgan fingerprint density at radius 1 is 0.917 bits per heavy atom. The van der Waals surface area contributed by atoms with E-state index in [1.165, 1.54) is 10.9 Å². The molecule has 4 heteroatoms. The zero-order valence-corrected chi connectivity index (χ0v) is 13.4. The van der Waals surface area contributed by atoms with Crippen LogP contribution in [-0.4, -0.2) is 15.0 Å². The van der Waals surface area contributed by atoms with Crippen molar-refractivity contribution in [2.75, 3.05) is 5.32 Å².